The monoisotopic (exact) mass is 295 g/mol. The molecule has 1 aromatic heterocycles. The van der Waals surface area contributed by atoms with Crippen molar-refractivity contribution >= 4 is 12.6 Å². The highest BCUT2D eigenvalue weighted by Gasteiger charge is 2.53. The van der Waals surface area contributed by atoms with Crippen molar-refractivity contribution in [1.29, 1.82) is 0 Å². The first-order valence-electron chi connectivity index (χ1n) is 7.82. The Morgan fingerprint density at radius 1 is 1.00 bits per heavy atom. The summed E-state index contributed by atoms with van der Waals surface area (Å²) in [6.45, 7) is 8.41. The van der Waals surface area contributed by atoms with Gasteiger partial charge in [-0.1, -0.05) is 43.3 Å². The lowest BCUT2D eigenvalue weighted by Crippen LogP contribution is -2.44. The molecule has 0 saturated carbocycles. The minimum absolute atomic E-state index is 0.282. The lowest BCUT2D eigenvalue weighted by atomic mass is 9.80. The Balaban J connectivity index is 1.83. The van der Waals surface area contributed by atoms with Crippen molar-refractivity contribution in [3.63, 3.8) is 0 Å². The summed E-state index contributed by atoms with van der Waals surface area (Å²) in [6.07, 6.45) is 2.76. The molecule has 1 aliphatic rings. The number of hydrogen-bond donors (Lipinski definition) is 0. The molecule has 1 aromatic carbocycles. The standard InChI is InChI=1S/C18H22BNO2/c1-5-18(4)17(2,3)21-19(22-18)15-11-12-16(20-13-15)14-9-7-6-8-10-14/h6-13H,5H2,1-4H3. The molecular formula is C18H22BNO2. The van der Waals surface area contributed by atoms with E-state index in [2.05, 4.69) is 44.8 Å². The summed E-state index contributed by atoms with van der Waals surface area (Å²) in [4.78, 5) is 4.55. The maximum atomic E-state index is 6.18. The van der Waals surface area contributed by atoms with Crippen LogP contribution in [0, 0.1) is 0 Å². The van der Waals surface area contributed by atoms with Gasteiger partial charge >= 0.3 is 7.12 Å². The molecule has 1 saturated heterocycles. The number of pyridine rings is 1. The zero-order chi connectivity index (χ0) is 15.8. The third-order valence-electron chi connectivity index (χ3n) is 4.85. The van der Waals surface area contributed by atoms with Crippen molar-refractivity contribution in [1.82, 2.24) is 4.98 Å². The number of hydrogen-bond acceptors (Lipinski definition) is 3. The third-order valence-corrected chi connectivity index (χ3v) is 4.85. The van der Waals surface area contributed by atoms with E-state index < -0.39 is 0 Å². The highest BCUT2D eigenvalue weighted by Crippen LogP contribution is 2.39. The normalized spacial score (nSPS) is 23.7. The van der Waals surface area contributed by atoms with Crippen molar-refractivity contribution in [2.24, 2.45) is 0 Å². The van der Waals surface area contributed by atoms with E-state index in [1.54, 1.807) is 0 Å². The van der Waals surface area contributed by atoms with Crippen LogP contribution in [0.5, 0.6) is 0 Å². The molecule has 0 amide bonds. The van der Waals surface area contributed by atoms with Gasteiger partial charge in [0.25, 0.3) is 0 Å². The first-order valence-corrected chi connectivity index (χ1v) is 7.82. The van der Waals surface area contributed by atoms with Gasteiger partial charge < -0.3 is 9.31 Å². The van der Waals surface area contributed by atoms with Crippen LogP contribution in [-0.4, -0.2) is 23.3 Å². The second-order valence-electron chi connectivity index (χ2n) is 6.51. The molecule has 3 nitrogen and oxygen atoms in total. The Kier molecular flexibility index (Phi) is 3.83. The fourth-order valence-corrected chi connectivity index (χ4v) is 2.76. The van der Waals surface area contributed by atoms with Crippen molar-refractivity contribution in [3.8, 4) is 11.3 Å². The molecule has 1 unspecified atom stereocenters. The molecule has 1 aliphatic heterocycles. The van der Waals surface area contributed by atoms with Crippen molar-refractivity contribution in [3.05, 3.63) is 48.7 Å². The molecule has 3 rings (SSSR count). The third kappa shape index (κ3) is 2.57. The van der Waals surface area contributed by atoms with Gasteiger partial charge in [0.05, 0.1) is 16.9 Å². The van der Waals surface area contributed by atoms with Crippen LogP contribution in [0.15, 0.2) is 48.7 Å². The van der Waals surface area contributed by atoms with Crippen LogP contribution in [0.2, 0.25) is 0 Å². The van der Waals surface area contributed by atoms with Crippen molar-refractivity contribution < 1.29 is 9.31 Å². The van der Waals surface area contributed by atoms with Crippen LogP contribution in [0.1, 0.15) is 34.1 Å². The Morgan fingerprint density at radius 2 is 1.73 bits per heavy atom. The smallest absolute Gasteiger partial charge is 0.399 e. The quantitative estimate of drug-likeness (QED) is 0.813. The first-order chi connectivity index (χ1) is 10.5. The van der Waals surface area contributed by atoms with Gasteiger partial charge in [0.2, 0.25) is 0 Å². The fourth-order valence-electron chi connectivity index (χ4n) is 2.76. The molecule has 0 radical (unpaired) electrons. The summed E-state index contributed by atoms with van der Waals surface area (Å²) in [6, 6.07) is 14.2. The van der Waals surface area contributed by atoms with E-state index in [1.807, 2.05) is 36.5 Å². The Bertz CT molecular complexity index is 642. The molecule has 0 N–H and O–H groups in total. The maximum absolute atomic E-state index is 6.18. The van der Waals surface area contributed by atoms with Crippen LogP contribution in [0.3, 0.4) is 0 Å². The SMILES string of the molecule is CCC1(C)OB(c2ccc(-c3ccccc3)nc2)OC1(C)C. The highest BCUT2D eigenvalue weighted by molar-refractivity contribution is 6.62. The minimum atomic E-state index is -0.350. The minimum Gasteiger partial charge on any atom is -0.399 e. The Morgan fingerprint density at radius 3 is 2.27 bits per heavy atom. The van der Waals surface area contributed by atoms with Gasteiger partial charge in [0.1, 0.15) is 0 Å². The fraction of sp³-hybridized carbons (Fsp3) is 0.389. The maximum Gasteiger partial charge on any atom is 0.496 e. The molecule has 114 valence electrons. The molecule has 1 fully saturated rings. The van der Waals surface area contributed by atoms with Gasteiger partial charge in [-0.05, 0) is 33.3 Å². The molecular weight excluding hydrogens is 273 g/mol. The highest BCUT2D eigenvalue weighted by atomic mass is 16.7. The molecule has 2 aromatic rings. The predicted molar refractivity (Wildman–Crippen MR) is 90.0 cm³/mol. The first kappa shape index (κ1) is 15.3. The second-order valence-corrected chi connectivity index (χ2v) is 6.51. The molecule has 2 heterocycles. The van der Waals surface area contributed by atoms with Crippen molar-refractivity contribution in [2.45, 2.75) is 45.3 Å². The zero-order valence-electron chi connectivity index (χ0n) is 13.7. The van der Waals surface area contributed by atoms with Gasteiger partial charge in [-0.15, -0.1) is 0 Å². The van der Waals surface area contributed by atoms with E-state index in [4.69, 9.17) is 9.31 Å². The number of aromatic nitrogens is 1. The summed E-state index contributed by atoms with van der Waals surface area (Å²) < 4.78 is 12.3. The predicted octanol–water partition coefficient (Wildman–Crippen LogP) is 3.44. The van der Waals surface area contributed by atoms with E-state index >= 15 is 0 Å². The summed E-state index contributed by atoms with van der Waals surface area (Å²) in [5.41, 5.74) is 2.44. The molecule has 0 aliphatic carbocycles. The average Bonchev–Trinajstić information content (AvgIpc) is 2.79. The summed E-state index contributed by atoms with van der Waals surface area (Å²) in [7, 11) is -0.350. The molecule has 4 heteroatoms. The lowest BCUT2D eigenvalue weighted by Gasteiger charge is -2.35. The van der Waals surface area contributed by atoms with Crippen LogP contribution in [0.4, 0.5) is 0 Å². The van der Waals surface area contributed by atoms with Gasteiger partial charge in [-0.25, -0.2) is 0 Å². The average molecular weight is 295 g/mol. The number of nitrogens with zero attached hydrogens (tertiary/aromatic N) is 1. The van der Waals surface area contributed by atoms with Crippen LogP contribution < -0.4 is 5.46 Å². The number of benzene rings is 1. The van der Waals surface area contributed by atoms with E-state index in [0.717, 1.165) is 23.1 Å². The van der Waals surface area contributed by atoms with E-state index in [-0.39, 0.29) is 18.3 Å². The van der Waals surface area contributed by atoms with Gasteiger partial charge in [-0.3, -0.25) is 4.98 Å². The van der Waals surface area contributed by atoms with E-state index in [1.165, 1.54) is 0 Å². The van der Waals surface area contributed by atoms with Gasteiger partial charge in [0.15, 0.2) is 0 Å². The Labute approximate surface area is 132 Å². The van der Waals surface area contributed by atoms with Gasteiger partial charge in [0, 0.05) is 17.2 Å². The molecule has 0 bridgehead atoms. The summed E-state index contributed by atoms with van der Waals surface area (Å²) >= 11 is 0. The molecule has 22 heavy (non-hydrogen) atoms. The van der Waals surface area contributed by atoms with E-state index in [9.17, 15) is 0 Å². The van der Waals surface area contributed by atoms with Gasteiger partial charge in [-0.2, -0.15) is 0 Å². The zero-order valence-corrected chi connectivity index (χ0v) is 13.7. The van der Waals surface area contributed by atoms with Crippen LogP contribution >= 0.6 is 0 Å². The lowest BCUT2D eigenvalue weighted by molar-refractivity contribution is -0.0118. The van der Waals surface area contributed by atoms with Crippen LogP contribution in [0.25, 0.3) is 11.3 Å². The summed E-state index contributed by atoms with van der Waals surface area (Å²) in [5.74, 6) is 0. The van der Waals surface area contributed by atoms with E-state index in [0.29, 0.717) is 0 Å². The largest absolute Gasteiger partial charge is 0.496 e. The Hall–Kier alpha value is -1.65. The second kappa shape index (κ2) is 5.52. The summed E-state index contributed by atoms with van der Waals surface area (Å²) in [5, 5.41) is 0. The topological polar surface area (TPSA) is 31.4 Å². The van der Waals surface area contributed by atoms with Crippen molar-refractivity contribution in [2.75, 3.05) is 0 Å². The number of rotatable bonds is 3. The molecule has 1 atom stereocenters. The molecule has 0 spiro atoms. The van der Waals surface area contributed by atoms with Crippen LogP contribution in [-0.2, 0) is 9.31 Å².